The van der Waals surface area contributed by atoms with Gasteiger partial charge < -0.3 is 4.90 Å². The van der Waals surface area contributed by atoms with E-state index in [1.165, 1.54) is 50.8 Å². The van der Waals surface area contributed by atoms with E-state index in [-0.39, 0.29) is 0 Å². The molecule has 0 N–H and O–H groups in total. The lowest BCUT2D eigenvalue weighted by Crippen LogP contribution is -2.35. The van der Waals surface area contributed by atoms with Gasteiger partial charge in [0.15, 0.2) is 0 Å². The summed E-state index contributed by atoms with van der Waals surface area (Å²) in [5, 5.41) is 0.460. The second-order valence-corrected chi connectivity index (χ2v) is 6.26. The molecule has 0 amide bonds. The molecule has 2 rings (SSSR count). The van der Waals surface area contributed by atoms with E-state index < -0.39 is 0 Å². The van der Waals surface area contributed by atoms with E-state index in [2.05, 4.69) is 42.3 Å². The minimum Gasteiger partial charge on any atom is -0.306 e. The maximum atomic E-state index is 6.00. The molecule has 1 aliphatic carbocycles. The van der Waals surface area contributed by atoms with Crippen molar-refractivity contribution in [3.63, 3.8) is 0 Å². The molecule has 0 saturated heterocycles. The Morgan fingerprint density at radius 3 is 2.56 bits per heavy atom. The monoisotopic (exact) mass is 265 g/mol. The van der Waals surface area contributed by atoms with Gasteiger partial charge in [-0.3, -0.25) is 0 Å². The number of halogens is 1. The van der Waals surface area contributed by atoms with Crippen LogP contribution in [0.3, 0.4) is 0 Å². The fourth-order valence-corrected chi connectivity index (χ4v) is 3.19. The predicted octanol–water partition coefficient (Wildman–Crippen LogP) is 3.96. The van der Waals surface area contributed by atoms with Crippen molar-refractivity contribution >= 4 is 11.6 Å². The summed E-state index contributed by atoms with van der Waals surface area (Å²) in [5.74, 6) is 0.853. The number of hydrogen-bond donors (Lipinski definition) is 0. The van der Waals surface area contributed by atoms with E-state index in [4.69, 9.17) is 11.6 Å². The van der Waals surface area contributed by atoms with Crippen LogP contribution < -0.4 is 0 Å². The van der Waals surface area contributed by atoms with Gasteiger partial charge >= 0.3 is 0 Å². The number of benzene rings is 1. The highest BCUT2D eigenvalue weighted by Crippen LogP contribution is 2.32. The quantitative estimate of drug-likeness (QED) is 0.533. The van der Waals surface area contributed by atoms with Crippen LogP contribution >= 0.6 is 11.6 Å². The first-order valence-corrected chi connectivity index (χ1v) is 7.54. The van der Waals surface area contributed by atoms with Crippen LogP contribution in [0.5, 0.6) is 0 Å². The predicted molar refractivity (Wildman–Crippen MR) is 79.2 cm³/mol. The molecule has 0 heterocycles. The minimum absolute atomic E-state index is 0.460. The maximum absolute atomic E-state index is 6.00. The molecule has 0 bridgehead atoms. The Labute approximate surface area is 116 Å². The third-order valence-electron chi connectivity index (χ3n) is 3.85. The Kier molecular flexibility index (Phi) is 5.52. The minimum atomic E-state index is 0.460. The van der Waals surface area contributed by atoms with E-state index in [1.54, 1.807) is 0 Å². The standard InChI is InChI=1S/C16H24ClN/c1-18(13-15-11-16(17)12-15)10-6-5-9-14-7-3-2-4-8-14/h2-4,7-8,15-16H,5-6,9-13H2,1H3. The van der Waals surface area contributed by atoms with Crippen molar-refractivity contribution in [2.75, 3.05) is 20.1 Å². The molecule has 1 saturated carbocycles. The van der Waals surface area contributed by atoms with Crippen LogP contribution in [0.1, 0.15) is 31.2 Å². The second-order valence-electron chi connectivity index (χ2n) is 5.64. The first-order chi connectivity index (χ1) is 8.74. The lowest BCUT2D eigenvalue weighted by Gasteiger charge is -2.34. The van der Waals surface area contributed by atoms with Crippen LogP contribution in [0.25, 0.3) is 0 Å². The molecule has 0 aromatic heterocycles. The van der Waals surface area contributed by atoms with Gasteiger partial charge in [-0.15, -0.1) is 11.6 Å². The zero-order valence-electron chi connectivity index (χ0n) is 11.3. The third kappa shape index (κ3) is 4.62. The lowest BCUT2D eigenvalue weighted by atomic mass is 9.84. The van der Waals surface area contributed by atoms with Crippen LogP contribution in [0.4, 0.5) is 0 Å². The van der Waals surface area contributed by atoms with Crippen LogP contribution in [0.2, 0.25) is 0 Å². The number of rotatable bonds is 7. The van der Waals surface area contributed by atoms with Gasteiger partial charge in [0.2, 0.25) is 0 Å². The Balaban J connectivity index is 1.52. The van der Waals surface area contributed by atoms with Crippen molar-refractivity contribution in [2.24, 2.45) is 5.92 Å². The molecule has 0 spiro atoms. The molecule has 2 heteroatoms. The normalized spacial score (nSPS) is 23.1. The summed E-state index contributed by atoms with van der Waals surface area (Å²) in [7, 11) is 2.24. The topological polar surface area (TPSA) is 3.24 Å². The van der Waals surface area contributed by atoms with E-state index in [0.29, 0.717) is 5.38 Å². The first-order valence-electron chi connectivity index (χ1n) is 7.10. The van der Waals surface area contributed by atoms with Gasteiger partial charge in [-0.1, -0.05) is 30.3 Å². The lowest BCUT2D eigenvalue weighted by molar-refractivity contribution is 0.207. The summed E-state index contributed by atoms with van der Waals surface area (Å²) < 4.78 is 0. The first kappa shape index (κ1) is 13.9. The summed E-state index contributed by atoms with van der Waals surface area (Å²) in [6.07, 6.45) is 6.23. The molecule has 1 nitrogen and oxygen atoms in total. The Bertz CT molecular complexity index is 332. The molecular formula is C16H24ClN. The summed E-state index contributed by atoms with van der Waals surface area (Å²) >= 11 is 6.00. The molecule has 0 radical (unpaired) electrons. The van der Waals surface area contributed by atoms with Crippen molar-refractivity contribution < 1.29 is 0 Å². The highest BCUT2D eigenvalue weighted by Gasteiger charge is 2.27. The third-order valence-corrected chi connectivity index (χ3v) is 4.20. The molecule has 1 aliphatic rings. The van der Waals surface area contributed by atoms with Gasteiger partial charge in [-0.25, -0.2) is 0 Å². The highest BCUT2D eigenvalue weighted by atomic mass is 35.5. The average molecular weight is 266 g/mol. The molecule has 0 unspecified atom stereocenters. The number of unbranched alkanes of at least 4 members (excludes halogenated alkanes) is 1. The Morgan fingerprint density at radius 1 is 1.17 bits per heavy atom. The fourth-order valence-electron chi connectivity index (χ4n) is 2.69. The molecule has 0 aliphatic heterocycles. The van der Waals surface area contributed by atoms with E-state index in [9.17, 15) is 0 Å². The summed E-state index contributed by atoms with van der Waals surface area (Å²) in [5.41, 5.74) is 1.46. The van der Waals surface area contributed by atoms with Crippen molar-refractivity contribution in [1.29, 1.82) is 0 Å². The average Bonchev–Trinajstić information content (AvgIpc) is 2.34. The molecule has 1 fully saturated rings. The van der Waals surface area contributed by atoms with E-state index in [0.717, 1.165) is 5.92 Å². The van der Waals surface area contributed by atoms with Crippen LogP contribution in [0.15, 0.2) is 30.3 Å². The molecule has 18 heavy (non-hydrogen) atoms. The summed E-state index contributed by atoms with van der Waals surface area (Å²) in [6.45, 7) is 2.45. The van der Waals surface area contributed by atoms with E-state index in [1.807, 2.05) is 0 Å². The largest absolute Gasteiger partial charge is 0.306 e. The maximum Gasteiger partial charge on any atom is 0.0342 e. The van der Waals surface area contributed by atoms with E-state index >= 15 is 0 Å². The molecule has 1 aromatic carbocycles. The summed E-state index contributed by atoms with van der Waals surface area (Å²) in [6, 6.07) is 10.8. The molecule has 1 aromatic rings. The molecule has 0 atom stereocenters. The number of aryl methyl sites for hydroxylation is 1. The fraction of sp³-hybridized carbons (Fsp3) is 0.625. The van der Waals surface area contributed by atoms with Gasteiger partial charge in [0, 0.05) is 11.9 Å². The SMILES string of the molecule is CN(CCCCc1ccccc1)CC1CC(Cl)C1. The highest BCUT2D eigenvalue weighted by molar-refractivity contribution is 6.21. The number of hydrogen-bond acceptors (Lipinski definition) is 1. The van der Waals surface area contributed by atoms with Gasteiger partial charge in [0.05, 0.1) is 0 Å². The summed E-state index contributed by atoms with van der Waals surface area (Å²) in [4.78, 5) is 2.47. The van der Waals surface area contributed by atoms with Crippen molar-refractivity contribution in [3.8, 4) is 0 Å². The number of nitrogens with zero attached hydrogens (tertiary/aromatic N) is 1. The van der Waals surface area contributed by atoms with Crippen LogP contribution in [-0.4, -0.2) is 30.4 Å². The van der Waals surface area contributed by atoms with Gasteiger partial charge in [0.1, 0.15) is 0 Å². The van der Waals surface area contributed by atoms with Crippen LogP contribution in [0, 0.1) is 5.92 Å². The molecule has 100 valence electrons. The zero-order chi connectivity index (χ0) is 12.8. The Morgan fingerprint density at radius 2 is 1.89 bits per heavy atom. The van der Waals surface area contributed by atoms with Gasteiger partial charge in [0.25, 0.3) is 0 Å². The van der Waals surface area contributed by atoms with Crippen molar-refractivity contribution in [2.45, 2.75) is 37.5 Å². The zero-order valence-corrected chi connectivity index (χ0v) is 12.1. The smallest absolute Gasteiger partial charge is 0.0342 e. The molecular weight excluding hydrogens is 242 g/mol. The Hall–Kier alpha value is -0.530. The number of alkyl halides is 1. The van der Waals surface area contributed by atoms with Crippen molar-refractivity contribution in [3.05, 3.63) is 35.9 Å². The van der Waals surface area contributed by atoms with Gasteiger partial charge in [-0.05, 0) is 57.2 Å². The van der Waals surface area contributed by atoms with Crippen molar-refractivity contribution in [1.82, 2.24) is 4.90 Å². The van der Waals surface area contributed by atoms with Crippen LogP contribution in [-0.2, 0) is 6.42 Å². The van der Waals surface area contributed by atoms with Gasteiger partial charge in [-0.2, -0.15) is 0 Å². The second kappa shape index (κ2) is 7.16.